The first-order chi connectivity index (χ1) is 14.4. The van der Waals surface area contributed by atoms with E-state index < -0.39 is 42.3 Å². The number of carbonyl (C=O) groups excluding carboxylic acids is 2. The van der Waals surface area contributed by atoms with Crippen LogP contribution < -0.4 is 10.6 Å². The lowest BCUT2D eigenvalue weighted by molar-refractivity contribution is -0.119. The second-order valence-electron chi connectivity index (χ2n) is 5.15. The van der Waals surface area contributed by atoms with Crippen LogP contribution in [0.1, 0.15) is 38.1 Å². The van der Waals surface area contributed by atoms with Crippen molar-refractivity contribution in [1.29, 1.82) is 0 Å². The van der Waals surface area contributed by atoms with E-state index in [0.29, 0.717) is 17.8 Å². The van der Waals surface area contributed by atoms with Crippen LogP contribution in [-0.4, -0.2) is 34.8 Å². The van der Waals surface area contributed by atoms with Gasteiger partial charge in [-0.25, -0.2) is 4.98 Å². The molecule has 6 heteroatoms. The normalized spacial score (nSPS) is 17.6. The molecule has 2 N–H and O–H groups in total. The average Bonchev–Trinajstić information content (AvgIpc) is 2.99. The highest BCUT2D eigenvalue weighted by atomic mass is 16.2. The number of rotatable bonds is 6. The van der Waals surface area contributed by atoms with Gasteiger partial charge in [0, 0.05) is 26.5 Å². The van der Waals surface area contributed by atoms with Gasteiger partial charge in [0.2, 0.25) is 5.91 Å². The summed E-state index contributed by atoms with van der Waals surface area (Å²) < 4.78 is 55.6. The van der Waals surface area contributed by atoms with Crippen molar-refractivity contribution in [1.82, 2.24) is 15.2 Å². The molecule has 2 heterocycles. The van der Waals surface area contributed by atoms with Crippen LogP contribution in [-0.2, 0) is 17.8 Å². The van der Waals surface area contributed by atoms with E-state index in [1.54, 1.807) is 0 Å². The molecule has 0 aliphatic carbocycles. The van der Waals surface area contributed by atoms with Crippen molar-refractivity contribution >= 4 is 17.6 Å². The molecule has 0 atom stereocenters. The van der Waals surface area contributed by atoms with Gasteiger partial charge < -0.3 is 15.5 Å². The molecule has 124 valence electrons. The number of amides is 2. The van der Waals surface area contributed by atoms with Gasteiger partial charge in [-0.2, -0.15) is 0 Å². The third kappa shape index (κ3) is 3.71. The summed E-state index contributed by atoms with van der Waals surface area (Å²) in [6, 6.07) is -0.297. The van der Waals surface area contributed by atoms with Gasteiger partial charge in [0.25, 0.3) is 5.91 Å². The van der Waals surface area contributed by atoms with Gasteiger partial charge in [0.1, 0.15) is 5.82 Å². The fraction of sp³-hybridized carbons (Fsp3) is 0.278. The van der Waals surface area contributed by atoms with Crippen LogP contribution in [0.4, 0.5) is 5.82 Å². The Balaban J connectivity index is 1.85. The molecule has 0 saturated heterocycles. The highest BCUT2D eigenvalue weighted by molar-refractivity contribution is 5.98. The quantitative estimate of drug-likeness (QED) is 0.846. The summed E-state index contributed by atoms with van der Waals surface area (Å²) in [7, 11) is 0. The largest absolute Gasteiger partial charge is 0.366 e. The van der Waals surface area contributed by atoms with Crippen LogP contribution in [0.5, 0.6) is 0 Å². The molecule has 2 aromatic rings. The maximum Gasteiger partial charge on any atom is 0.256 e. The Morgan fingerprint density at radius 1 is 1.38 bits per heavy atom. The summed E-state index contributed by atoms with van der Waals surface area (Å²) >= 11 is 0. The number of hydrogen-bond acceptors (Lipinski definition) is 4. The lowest BCUT2D eigenvalue weighted by atomic mass is 10.2. The molecular formula is C18H20N4O2. The fourth-order valence-electron chi connectivity index (χ4n) is 2.30. The standard InChI is InChI=1S/C18H20N4O2/c1-13(23)19-9-10-22-12-16-15(18(22)24)7-8-17(21-16)20-11-14-5-3-2-4-6-14/h2-8H,9-12H2,1H3,(H,19,23)(H,20,21)/i2D,3D,4D,5D,6D,11D2. The first-order valence-corrected chi connectivity index (χ1v) is 7.33. The van der Waals surface area contributed by atoms with Gasteiger partial charge in [-0.1, -0.05) is 30.2 Å². The Hall–Kier alpha value is -2.89. The van der Waals surface area contributed by atoms with Crippen LogP contribution in [0.3, 0.4) is 0 Å². The second-order valence-corrected chi connectivity index (χ2v) is 5.15. The number of anilines is 1. The smallest absolute Gasteiger partial charge is 0.256 e. The highest BCUT2D eigenvalue weighted by Gasteiger charge is 2.28. The Labute approximate surface area is 150 Å². The molecule has 1 aliphatic heterocycles. The lowest BCUT2D eigenvalue weighted by Crippen LogP contribution is -2.34. The zero-order chi connectivity index (χ0) is 23.1. The van der Waals surface area contributed by atoms with Crippen LogP contribution in [0.15, 0.2) is 42.3 Å². The summed E-state index contributed by atoms with van der Waals surface area (Å²) in [5, 5.41) is 5.08. The van der Waals surface area contributed by atoms with E-state index in [0.717, 1.165) is 0 Å². The maximum atomic E-state index is 12.5. The van der Waals surface area contributed by atoms with Gasteiger partial charge >= 0.3 is 0 Å². The van der Waals surface area contributed by atoms with Gasteiger partial charge in [-0.05, 0) is 17.7 Å². The maximum absolute atomic E-state index is 12.5. The molecule has 0 spiro atoms. The number of aromatic nitrogens is 1. The van der Waals surface area contributed by atoms with Crippen molar-refractivity contribution < 1.29 is 19.2 Å². The van der Waals surface area contributed by atoms with Crippen LogP contribution in [0.25, 0.3) is 0 Å². The number of hydrogen-bond donors (Lipinski definition) is 2. The minimum absolute atomic E-state index is 0.0482. The summed E-state index contributed by atoms with van der Waals surface area (Å²) in [6.07, 6.45) is 0. The van der Waals surface area contributed by atoms with E-state index in [9.17, 15) is 9.59 Å². The summed E-state index contributed by atoms with van der Waals surface area (Å²) in [5.41, 5.74) is 0.236. The van der Waals surface area contributed by atoms with E-state index in [4.69, 9.17) is 9.60 Å². The zero-order valence-corrected chi connectivity index (χ0v) is 13.0. The number of nitrogens with one attached hydrogen (secondary N) is 2. The summed E-state index contributed by atoms with van der Waals surface area (Å²) in [4.78, 5) is 29.2. The minimum Gasteiger partial charge on any atom is -0.366 e. The Bertz CT molecular complexity index is 1050. The third-order valence-electron chi connectivity index (χ3n) is 3.40. The molecule has 0 bridgehead atoms. The van der Waals surface area contributed by atoms with Gasteiger partial charge in [0.15, 0.2) is 0 Å². The highest BCUT2D eigenvalue weighted by Crippen LogP contribution is 2.22. The number of nitrogens with zero attached hydrogens (tertiary/aromatic N) is 2. The first-order valence-electron chi connectivity index (χ1n) is 10.8. The fourth-order valence-corrected chi connectivity index (χ4v) is 2.30. The molecule has 0 unspecified atom stereocenters. The van der Waals surface area contributed by atoms with Gasteiger partial charge in [0.05, 0.1) is 27.4 Å². The molecule has 0 fully saturated rings. The lowest BCUT2D eigenvalue weighted by Gasteiger charge is -2.14. The second kappa shape index (κ2) is 7.12. The molecule has 1 aromatic heterocycles. The molecular weight excluding hydrogens is 304 g/mol. The molecule has 3 rings (SSSR count). The number of fused-ring (bicyclic) bond motifs is 1. The van der Waals surface area contributed by atoms with Crippen LogP contribution >= 0.6 is 0 Å². The van der Waals surface area contributed by atoms with Crippen molar-refractivity contribution in [2.75, 3.05) is 18.4 Å². The topological polar surface area (TPSA) is 74.3 Å². The minimum atomic E-state index is -2.53. The summed E-state index contributed by atoms with van der Waals surface area (Å²) in [6.45, 7) is -0.383. The number of pyridine rings is 1. The molecule has 24 heavy (non-hydrogen) atoms. The monoisotopic (exact) mass is 331 g/mol. The SMILES string of the molecule is [2H]c1c([2H])c([2H])c(C([2H])([2H])Nc2ccc3c(n2)CN(CCNC(C)=O)C3=O)c([2H])c1[2H]. The Kier molecular flexibility index (Phi) is 2.79. The van der Waals surface area contributed by atoms with Crippen molar-refractivity contribution in [3.63, 3.8) is 0 Å². The van der Waals surface area contributed by atoms with Gasteiger partial charge in [-0.3, -0.25) is 9.59 Å². The van der Waals surface area contributed by atoms with Crippen molar-refractivity contribution in [2.45, 2.75) is 20.0 Å². The van der Waals surface area contributed by atoms with Crippen molar-refractivity contribution in [3.8, 4) is 0 Å². The van der Waals surface area contributed by atoms with E-state index in [-0.39, 0.29) is 30.7 Å². The Morgan fingerprint density at radius 3 is 2.92 bits per heavy atom. The molecule has 2 amide bonds. The number of benzene rings is 1. The Morgan fingerprint density at radius 2 is 2.17 bits per heavy atom. The average molecular weight is 331 g/mol. The molecule has 1 aromatic carbocycles. The van der Waals surface area contributed by atoms with Crippen LogP contribution in [0, 0.1) is 0 Å². The van der Waals surface area contributed by atoms with E-state index in [1.807, 2.05) is 0 Å². The van der Waals surface area contributed by atoms with Gasteiger partial charge in [-0.15, -0.1) is 0 Å². The van der Waals surface area contributed by atoms with Crippen molar-refractivity contribution in [3.05, 3.63) is 59.2 Å². The third-order valence-corrected chi connectivity index (χ3v) is 3.40. The zero-order valence-electron chi connectivity index (χ0n) is 20.0. The van der Waals surface area contributed by atoms with E-state index >= 15 is 0 Å². The van der Waals surface area contributed by atoms with E-state index in [2.05, 4.69) is 15.6 Å². The molecule has 0 saturated carbocycles. The number of carbonyl (C=O) groups is 2. The molecule has 0 radical (unpaired) electrons. The predicted octanol–water partition coefficient (Wildman–Crippen LogP) is 1.79. The molecule has 6 nitrogen and oxygen atoms in total. The molecule has 1 aliphatic rings. The van der Waals surface area contributed by atoms with Crippen LogP contribution in [0.2, 0.25) is 0 Å². The van der Waals surface area contributed by atoms with E-state index in [1.165, 1.54) is 24.0 Å². The first kappa shape index (κ1) is 9.42. The summed E-state index contributed by atoms with van der Waals surface area (Å²) in [5.74, 6) is -0.413. The predicted molar refractivity (Wildman–Crippen MR) is 91.4 cm³/mol. The van der Waals surface area contributed by atoms with Crippen molar-refractivity contribution in [2.24, 2.45) is 0 Å².